The summed E-state index contributed by atoms with van der Waals surface area (Å²) >= 11 is 0. The molecule has 1 aliphatic rings. The van der Waals surface area contributed by atoms with Gasteiger partial charge < -0.3 is 10.5 Å². The van der Waals surface area contributed by atoms with Gasteiger partial charge in [-0.1, -0.05) is 0 Å². The van der Waals surface area contributed by atoms with E-state index in [2.05, 4.69) is 10.5 Å². The molecule has 0 spiro atoms. The van der Waals surface area contributed by atoms with Gasteiger partial charge in [0.15, 0.2) is 0 Å². The second kappa shape index (κ2) is 4.00. The van der Waals surface area contributed by atoms with E-state index < -0.39 is 6.03 Å². The fourth-order valence-corrected chi connectivity index (χ4v) is 1.46. The number of hydrogen-bond donors (Lipinski definition) is 2. The Labute approximate surface area is 86.9 Å². The zero-order valence-electron chi connectivity index (χ0n) is 8.06. The van der Waals surface area contributed by atoms with Gasteiger partial charge in [-0.25, -0.2) is 10.2 Å². The molecule has 0 bridgehead atoms. The number of carbonyl (C=O) groups excluding carboxylic acids is 1. The summed E-state index contributed by atoms with van der Waals surface area (Å²) in [7, 11) is 0. The maximum atomic E-state index is 10.4. The van der Waals surface area contributed by atoms with Crippen molar-refractivity contribution in [2.75, 3.05) is 6.61 Å². The molecular weight excluding hydrogens is 194 g/mol. The van der Waals surface area contributed by atoms with Crippen molar-refractivity contribution in [2.24, 2.45) is 10.8 Å². The third-order valence-corrected chi connectivity index (χ3v) is 2.10. The van der Waals surface area contributed by atoms with Crippen LogP contribution < -0.4 is 15.9 Å². The molecule has 1 aromatic rings. The van der Waals surface area contributed by atoms with Crippen LogP contribution in [-0.2, 0) is 6.42 Å². The predicted octanol–water partition coefficient (Wildman–Crippen LogP) is 0.624. The Bertz CT molecular complexity index is 415. The van der Waals surface area contributed by atoms with Gasteiger partial charge in [-0.2, -0.15) is 5.10 Å². The highest BCUT2D eigenvalue weighted by Gasteiger charge is 2.10. The van der Waals surface area contributed by atoms with Gasteiger partial charge in [0.2, 0.25) is 0 Å². The highest BCUT2D eigenvalue weighted by Crippen LogP contribution is 2.25. The zero-order valence-corrected chi connectivity index (χ0v) is 8.06. The Morgan fingerprint density at radius 1 is 1.60 bits per heavy atom. The molecule has 0 unspecified atom stereocenters. The summed E-state index contributed by atoms with van der Waals surface area (Å²) in [6, 6.07) is 5.08. The van der Waals surface area contributed by atoms with Gasteiger partial charge in [-0.3, -0.25) is 0 Å². The lowest BCUT2D eigenvalue weighted by atomic mass is 10.1. The van der Waals surface area contributed by atoms with Crippen molar-refractivity contribution in [1.29, 1.82) is 0 Å². The maximum absolute atomic E-state index is 10.4. The molecule has 15 heavy (non-hydrogen) atoms. The lowest BCUT2D eigenvalue weighted by Crippen LogP contribution is -2.24. The minimum atomic E-state index is -0.671. The average Bonchev–Trinajstić information content (AvgIpc) is 2.64. The summed E-state index contributed by atoms with van der Waals surface area (Å²) in [6.07, 6.45) is 2.46. The molecule has 1 heterocycles. The van der Waals surface area contributed by atoms with Crippen LogP contribution in [0.25, 0.3) is 0 Å². The van der Waals surface area contributed by atoms with Crippen molar-refractivity contribution in [3.63, 3.8) is 0 Å². The summed E-state index contributed by atoms with van der Waals surface area (Å²) in [5.41, 5.74) is 9.08. The Morgan fingerprint density at radius 3 is 3.27 bits per heavy atom. The van der Waals surface area contributed by atoms with E-state index in [1.165, 1.54) is 0 Å². The largest absolute Gasteiger partial charge is 0.493 e. The topological polar surface area (TPSA) is 76.7 Å². The van der Waals surface area contributed by atoms with E-state index in [0.717, 1.165) is 29.9 Å². The number of nitrogens with two attached hydrogens (primary N) is 1. The van der Waals surface area contributed by atoms with Gasteiger partial charge in [-0.05, 0) is 29.3 Å². The van der Waals surface area contributed by atoms with Crippen molar-refractivity contribution in [3.05, 3.63) is 29.3 Å². The highest BCUT2D eigenvalue weighted by atomic mass is 16.5. The lowest BCUT2D eigenvalue weighted by Gasteiger charge is -1.99. The molecule has 0 aromatic heterocycles. The molecule has 78 valence electrons. The normalized spacial score (nSPS) is 13.6. The minimum absolute atomic E-state index is 0.671. The van der Waals surface area contributed by atoms with E-state index in [9.17, 15) is 4.79 Å². The number of hydrogen-bond acceptors (Lipinski definition) is 3. The van der Waals surface area contributed by atoms with Gasteiger partial charge in [0.05, 0.1) is 12.8 Å². The van der Waals surface area contributed by atoms with Crippen LogP contribution in [0.4, 0.5) is 4.79 Å². The van der Waals surface area contributed by atoms with Gasteiger partial charge in [-0.15, -0.1) is 0 Å². The van der Waals surface area contributed by atoms with Gasteiger partial charge in [0, 0.05) is 6.42 Å². The maximum Gasteiger partial charge on any atom is 0.332 e. The number of nitrogens with zero attached hydrogens (tertiary/aromatic N) is 1. The first-order chi connectivity index (χ1) is 7.25. The van der Waals surface area contributed by atoms with Crippen LogP contribution in [0.15, 0.2) is 23.3 Å². The molecule has 1 aliphatic heterocycles. The fourth-order valence-electron chi connectivity index (χ4n) is 1.46. The van der Waals surface area contributed by atoms with Crippen molar-refractivity contribution in [3.8, 4) is 5.75 Å². The van der Waals surface area contributed by atoms with Crippen molar-refractivity contribution in [1.82, 2.24) is 5.43 Å². The summed E-state index contributed by atoms with van der Waals surface area (Å²) in [4.78, 5) is 10.4. The summed E-state index contributed by atoms with van der Waals surface area (Å²) in [5, 5.41) is 3.68. The first-order valence-electron chi connectivity index (χ1n) is 4.60. The number of fused-ring (bicyclic) bond motifs is 1. The second-order valence-corrected chi connectivity index (χ2v) is 3.20. The van der Waals surface area contributed by atoms with Crippen LogP contribution in [0.1, 0.15) is 11.1 Å². The van der Waals surface area contributed by atoms with E-state index in [1.54, 1.807) is 6.21 Å². The molecule has 0 fully saturated rings. The summed E-state index contributed by atoms with van der Waals surface area (Å²) < 4.78 is 5.36. The number of benzene rings is 1. The minimum Gasteiger partial charge on any atom is -0.493 e. The highest BCUT2D eigenvalue weighted by molar-refractivity contribution is 5.82. The van der Waals surface area contributed by atoms with Crippen LogP contribution in [0.3, 0.4) is 0 Å². The molecule has 0 aliphatic carbocycles. The van der Waals surface area contributed by atoms with Crippen LogP contribution in [-0.4, -0.2) is 18.9 Å². The molecule has 0 radical (unpaired) electrons. The standard InChI is InChI=1S/C10H11N3O2/c11-10(14)13-12-6-7-1-2-9-8(5-7)3-4-15-9/h1-2,5-6H,3-4H2,(H3,11,13,14). The monoisotopic (exact) mass is 205 g/mol. The predicted molar refractivity (Wildman–Crippen MR) is 56.0 cm³/mol. The number of hydrazone groups is 1. The molecule has 0 atom stereocenters. The smallest absolute Gasteiger partial charge is 0.332 e. The van der Waals surface area contributed by atoms with Crippen LogP contribution >= 0.6 is 0 Å². The van der Waals surface area contributed by atoms with Crippen LogP contribution in [0, 0.1) is 0 Å². The SMILES string of the molecule is NC(=O)NN=Cc1ccc2c(c1)CCO2. The Balaban J connectivity index is 2.10. The van der Waals surface area contributed by atoms with Crippen LogP contribution in [0.5, 0.6) is 5.75 Å². The van der Waals surface area contributed by atoms with Gasteiger partial charge in [0.25, 0.3) is 0 Å². The van der Waals surface area contributed by atoms with Crippen molar-refractivity contribution >= 4 is 12.2 Å². The molecule has 3 N–H and O–H groups in total. The number of amides is 2. The van der Waals surface area contributed by atoms with Crippen molar-refractivity contribution < 1.29 is 9.53 Å². The number of ether oxygens (including phenoxy) is 1. The molecule has 0 saturated carbocycles. The Kier molecular flexibility index (Phi) is 2.53. The second-order valence-electron chi connectivity index (χ2n) is 3.20. The average molecular weight is 205 g/mol. The van der Waals surface area contributed by atoms with E-state index in [4.69, 9.17) is 10.5 Å². The molecule has 5 nitrogen and oxygen atoms in total. The fraction of sp³-hybridized carbons (Fsp3) is 0.200. The zero-order chi connectivity index (χ0) is 10.7. The third-order valence-electron chi connectivity index (χ3n) is 2.10. The number of urea groups is 1. The first-order valence-corrected chi connectivity index (χ1v) is 4.60. The number of nitrogens with one attached hydrogen (secondary N) is 1. The molecule has 0 saturated heterocycles. The Hall–Kier alpha value is -2.04. The van der Waals surface area contributed by atoms with Gasteiger partial charge >= 0.3 is 6.03 Å². The van der Waals surface area contributed by atoms with Crippen LogP contribution in [0.2, 0.25) is 0 Å². The summed E-state index contributed by atoms with van der Waals surface area (Å²) in [6.45, 7) is 0.732. The lowest BCUT2D eigenvalue weighted by molar-refractivity contribution is 0.249. The molecular formula is C10H11N3O2. The first kappa shape index (κ1) is 9.51. The number of rotatable bonds is 2. The van der Waals surface area contributed by atoms with E-state index >= 15 is 0 Å². The number of carbonyl (C=O) groups is 1. The quantitative estimate of drug-likeness (QED) is 0.548. The third kappa shape index (κ3) is 2.25. The number of primary amides is 1. The Morgan fingerprint density at radius 2 is 2.47 bits per heavy atom. The van der Waals surface area contributed by atoms with Crippen molar-refractivity contribution in [2.45, 2.75) is 6.42 Å². The van der Waals surface area contributed by atoms with E-state index in [-0.39, 0.29) is 0 Å². The molecule has 2 rings (SSSR count). The molecule has 1 aromatic carbocycles. The van der Waals surface area contributed by atoms with E-state index in [0.29, 0.717) is 0 Å². The van der Waals surface area contributed by atoms with E-state index in [1.807, 2.05) is 18.2 Å². The van der Waals surface area contributed by atoms with Gasteiger partial charge in [0.1, 0.15) is 5.75 Å². The molecule has 2 amide bonds. The summed E-state index contributed by atoms with van der Waals surface area (Å²) in [5.74, 6) is 0.926. The molecule has 5 heteroatoms.